The molecule has 0 spiro atoms. The first-order valence-corrected chi connectivity index (χ1v) is 7.73. The molecule has 108 valence electrons. The highest BCUT2D eigenvalue weighted by Crippen LogP contribution is 2.42. The maximum atomic E-state index is 9.88. The minimum absolute atomic E-state index is 0.0326. The number of hydrogen-bond donors (Lipinski definition) is 2. The lowest BCUT2D eigenvalue weighted by Gasteiger charge is -2.36. The maximum Gasteiger partial charge on any atom is 0.0738 e. The number of aromatic nitrogens is 2. The van der Waals surface area contributed by atoms with Crippen LogP contribution in [0.1, 0.15) is 37.1 Å². The normalized spacial score (nSPS) is 17.3. The Bertz CT molecular complexity index is 435. The molecule has 19 heavy (non-hydrogen) atoms. The van der Waals surface area contributed by atoms with E-state index in [9.17, 15) is 10.2 Å². The minimum Gasteiger partial charge on any atom is -0.396 e. The molecule has 1 aromatic rings. The first-order chi connectivity index (χ1) is 9.04. The molecule has 1 saturated carbocycles. The summed E-state index contributed by atoms with van der Waals surface area (Å²) in [4.78, 5) is 0. The van der Waals surface area contributed by atoms with Gasteiger partial charge in [0.2, 0.25) is 0 Å². The van der Waals surface area contributed by atoms with Crippen LogP contribution in [0.25, 0.3) is 0 Å². The van der Waals surface area contributed by atoms with Gasteiger partial charge in [-0.1, -0.05) is 12.8 Å². The molecule has 0 radical (unpaired) electrons. The summed E-state index contributed by atoms with van der Waals surface area (Å²) in [6.07, 6.45) is 5.30. The molecular weight excluding hydrogens is 308 g/mol. The predicted molar refractivity (Wildman–Crippen MR) is 77.9 cm³/mol. The third-order valence-electron chi connectivity index (χ3n) is 4.63. The fourth-order valence-electron chi connectivity index (χ4n) is 3.31. The van der Waals surface area contributed by atoms with Gasteiger partial charge >= 0.3 is 0 Å². The number of aliphatic hydroxyl groups excluding tert-OH is 2. The highest BCUT2D eigenvalue weighted by molar-refractivity contribution is 9.10. The van der Waals surface area contributed by atoms with E-state index in [0.29, 0.717) is 12.3 Å². The summed E-state index contributed by atoms with van der Waals surface area (Å²) >= 11 is 3.57. The SMILES string of the molecule is Cc1nn(C)c(CC(CO)(CO)C2CCCC2)c1Br. The second-order valence-electron chi connectivity index (χ2n) is 5.81. The van der Waals surface area contributed by atoms with Crippen LogP contribution in [0, 0.1) is 18.3 Å². The molecule has 5 heteroatoms. The van der Waals surface area contributed by atoms with Crippen molar-refractivity contribution in [1.29, 1.82) is 0 Å². The number of rotatable bonds is 5. The first kappa shape index (κ1) is 15.0. The molecule has 0 amide bonds. The number of aliphatic hydroxyl groups is 2. The maximum absolute atomic E-state index is 9.88. The lowest BCUT2D eigenvalue weighted by atomic mass is 9.72. The Labute approximate surface area is 123 Å². The Kier molecular flexibility index (Phi) is 4.69. The van der Waals surface area contributed by atoms with E-state index < -0.39 is 5.41 Å². The number of nitrogens with zero attached hydrogens (tertiary/aromatic N) is 2. The molecule has 0 aliphatic heterocycles. The third kappa shape index (κ3) is 2.73. The van der Waals surface area contributed by atoms with Crippen LogP contribution in [0.3, 0.4) is 0 Å². The molecular formula is C14H23BrN2O2. The smallest absolute Gasteiger partial charge is 0.0738 e. The highest BCUT2D eigenvalue weighted by atomic mass is 79.9. The molecule has 0 bridgehead atoms. The summed E-state index contributed by atoms with van der Waals surface area (Å²) in [5, 5.41) is 24.2. The van der Waals surface area contributed by atoms with E-state index >= 15 is 0 Å². The minimum atomic E-state index is -0.417. The van der Waals surface area contributed by atoms with Crippen molar-refractivity contribution in [2.75, 3.05) is 13.2 Å². The Balaban J connectivity index is 2.29. The molecule has 0 saturated heterocycles. The van der Waals surface area contributed by atoms with Gasteiger partial charge in [0.05, 0.1) is 29.1 Å². The zero-order valence-electron chi connectivity index (χ0n) is 11.7. The second kappa shape index (κ2) is 5.94. The third-order valence-corrected chi connectivity index (χ3v) is 5.66. The van der Waals surface area contributed by atoms with Crippen LogP contribution >= 0.6 is 15.9 Å². The van der Waals surface area contributed by atoms with Crippen molar-refractivity contribution in [2.45, 2.75) is 39.0 Å². The van der Waals surface area contributed by atoms with Gasteiger partial charge in [-0.15, -0.1) is 0 Å². The van der Waals surface area contributed by atoms with Gasteiger partial charge in [0.15, 0.2) is 0 Å². The van der Waals surface area contributed by atoms with Gasteiger partial charge in [0.1, 0.15) is 0 Å². The van der Waals surface area contributed by atoms with Crippen LogP contribution in [-0.4, -0.2) is 33.2 Å². The molecule has 0 atom stereocenters. The van der Waals surface area contributed by atoms with Gasteiger partial charge in [0, 0.05) is 18.9 Å². The fraction of sp³-hybridized carbons (Fsp3) is 0.786. The Morgan fingerprint density at radius 1 is 1.32 bits per heavy atom. The van der Waals surface area contributed by atoms with Crippen LogP contribution in [0.2, 0.25) is 0 Å². The Morgan fingerprint density at radius 2 is 1.89 bits per heavy atom. The molecule has 2 rings (SSSR count). The molecule has 1 aromatic heterocycles. The monoisotopic (exact) mass is 330 g/mol. The summed E-state index contributed by atoms with van der Waals surface area (Å²) in [5.41, 5.74) is 1.60. The molecule has 4 nitrogen and oxygen atoms in total. The van der Waals surface area contributed by atoms with Crippen LogP contribution in [-0.2, 0) is 13.5 Å². The van der Waals surface area contributed by atoms with Crippen molar-refractivity contribution in [1.82, 2.24) is 9.78 Å². The highest BCUT2D eigenvalue weighted by Gasteiger charge is 2.40. The van der Waals surface area contributed by atoms with Crippen LogP contribution in [0.5, 0.6) is 0 Å². The number of hydrogen-bond acceptors (Lipinski definition) is 3. The van der Waals surface area contributed by atoms with Crippen LogP contribution < -0.4 is 0 Å². The quantitative estimate of drug-likeness (QED) is 0.870. The van der Waals surface area contributed by atoms with E-state index in [2.05, 4.69) is 21.0 Å². The second-order valence-corrected chi connectivity index (χ2v) is 6.60. The largest absolute Gasteiger partial charge is 0.396 e. The van der Waals surface area contributed by atoms with E-state index in [1.807, 2.05) is 18.7 Å². The molecule has 2 N–H and O–H groups in total. The van der Waals surface area contributed by atoms with Gasteiger partial charge in [-0.25, -0.2) is 0 Å². The predicted octanol–water partition coefficient (Wildman–Crippen LogP) is 2.19. The molecule has 0 aromatic carbocycles. The number of aryl methyl sites for hydroxylation is 2. The van der Waals surface area contributed by atoms with E-state index in [4.69, 9.17) is 0 Å². The summed E-state index contributed by atoms with van der Waals surface area (Å²) in [5.74, 6) is 0.407. The summed E-state index contributed by atoms with van der Waals surface area (Å²) < 4.78 is 2.85. The molecule has 0 unspecified atom stereocenters. The first-order valence-electron chi connectivity index (χ1n) is 6.94. The van der Waals surface area contributed by atoms with Crippen molar-refractivity contribution < 1.29 is 10.2 Å². The van der Waals surface area contributed by atoms with Gasteiger partial charge in [0.25, 0.3) is 0 Å². The van der Waals surface area contributed by atoms with Gasteiger partial charge < -0.3 is 10.2 Å². The van der Waals surface area contributed by atoms with E-state index in [0.717, 1.165) is 28.7 Å². The van der Waals surface area contributed by atoms with Gasteiger partial charge in [-0.2, -0.15) is 5.10 Å². The topological polar surface area (TPSA) is 58.3 Å². The summed E-state index contributed by atoms with van der Waals surface area (Å²) in [6, 6.07) is 0. The molecule has 1 aliphatic rings. The zero-order chi connectivity index (χ0) is 14.0. The van der Waals surface area contributed by atoms with Crippen molar-refractivity contribution in [3.8, 4) is 0 Å². The van der Waals surface area contributed by atoms with Crippen LogP contribution in [0.4, 0.5) is 0 Å². The van der Waals surface area contributed by atoms with E-state index in [-0.39, 0.29) is 13.2 Å². The zero-order valence-corrected chi connectivity index (χ0v) is 13.3. The standard InChI is InChI=1S/C14H23BrN2O2/c1-10-13(15)12(17(2)16-10)7-14(8-18,9-19)11-5-3-4-6-11/h11,18-19H,3-9H2,1-2H3. The van der Waals surface area contributed by atoms with Gasteiger partial charge in [-0.05, 0) is 41.6 Å². The van der Waals surface area contributed by atoms with Crippen LogP contribution in [0.15, 0.2) is 4.47 Å². The summed E-state index contributed by atoms with van der Waals surface area (Å²) in [7, 11) is 1.92. The van der Waals surface area contributed by atoms with Crippen molar-refractivity contribution in [3.63, 3.8) is 0 Å². The van der Waals surface area contributed by atoms with E-state index in [1.165, 1.54) is 12.8 Å². The molecule has 1 heterocycles. The fourth-order valence-corrected chi connectivity index (χ4v) is 3.78. The van der Waals surface area contributed by atoms with Crippen molar-refractivity contribution in [3.05, 3.63) is 15.9 Å². The molecule has 1 fully saturated rings. The molecule has 1 aliphatic carbocycles. The summed E-state index contributed by atoms with van der Waals surface area (Å²) in [6.45, 7) is 2.03. The Hall–Kier alpha value is -0.390. The number of halogens is 1. The van der Waals surface area contributed by atoms with Gasteiger partial charge in [-0.3, -0.25) is 4.68 Å². The van der Waals surface area contributed by atoms with E-state index in [1.54, 1.807) is 0 Å². The average Bonchev–Trinajstić information content (AvgIpc) is 3.00. The average molecular weight is 331 g/mol. The lowest BCUT2D eigenvalue weighted by molar-refractivity contribution is 0.00421. The van der Waals surface area contributed by atoms with Crippen molar-refractivity contribution >= 4 is 15.9 Å². The lowest BCUT2D eigenvalue weighted by Crippen LogP contribution is -2.39. The Morgan fingerprint density at radius 3 is 2.32 bits per heavy atom. The van der Waals surface area contributed by atoms with Crippen molar-refractivity contribution in [2.24, 2.45) is 18.4 Å².